The van der Waals surface area contributed by atoms with E-state index in [1.807, 2.05) is 0 Å². The minimum Gasteiger partial charge on any atom is -0.303 e. The molecular formula is H5FO7P2. The lowest BCUT2D eigenvalue weighted by atomic mass is 15.8. The van der Waals surface area contributed by atoms with Crippen LogP contribution in [0.3, 0.4) is 0 Å². The predicted molar refractivity (Wildman–Crippen MR) is 27.4 cm³/mol. The maximum atomic E-state index is 10.4. The fourth-order valence-electron chi connectivity index (χ4n) is 0. The van der Waals surface area contributed by atoms with Crippen molar-refractivity contribution in [2.24, 2.45) is 0 Å². The molecule has 0 radical (unpaired) electrons. The van der Waals surface area contributed by atoms with E-state index in [-0.39, 0.29) is 0 Å². The lowest BCUT2D eigenvalue weighted by Crippen LogP contribution is -1.66. The third-order valence-electron chi connectivity index (χ3n) is 0. The van der Waals surface area contributed by atoms with Gasteiger partial charge in [0.2, 0.25) is 0 Å². The molecule has 0 atom stereocenters. The first kappa shape index (κ1) is 12.8. The Morgan fingerprint density at radius 1 is 0.900 bits per heavy atom. The minimum atomic E-state index is -5.14. The van der Waals surface area contributed by atoms with Gasteiger partial charge in [-0.25, -0.2) is 9.13 Å². The molecule has 0 saturated carbocycles. The second-order valence-electron chi connectivity index (χ2n) is 0.986. The normalized spacial score (nSPS) is 11.8. The topological polar surface area (TPSA) is 135 Å². The zero-order chi connectivity index (χ0) is 9.00. The standard InChI is InChI=1S/FH2O3P.H3O4P/c2*1-5(2,3)4/h(H2,2,3,4);(H3,1,2,3,4). The zero-order valence-electron chi connectivity index (χ0n) is 4.32. The van der Waals surface area contributed by atoms with E-state index in [2.05, 4.69) is 0 Å². The van der Waals surface area contributed by atoms with E-state index in [4.69, 9.17) is 33.6 Å². The van der Waals surface area contributed by atoms with Gasteiger partial charge in [0, 0.05) is 0 Å². The summed E-state index contributed by atoms with van der Waals surface area (Å²) in [5, 5.41) is 0. The van der Waals surface area contributed by atoms with Crippen molar-refractivity contribution in [3.63, 3.8) is 0 Å². The van der Waals surface area contributed by atoms with Gasteiger partial charge >= 0.3 is 15.7 Å². The molecule has 0 saturated heterocycles. The largest absolute Gasteiger partial charge is 0.507 e. The molecule has 0 rings (SSSR count). The van der Waals surface area contributed by atoms with Crippen LogP contribution in [0, 0.1) is 0 Å². The van der Waals surface area contributed by atoms with Gasteiger partial charge in [0.25, 0.3) is 0 Å². The van der Waals surface area contributed by atoms with Crippen molar-refractivity contribution in [3.05, 3.63) is 0 Å². The van der Waals surface area contributed by atoms with Crippen LogP contribution in [0.5, 0.6) is 0 Å². The van der Waals surface area contributed by atoms with Crippen molar-refractivity contribution in [1.82, 2.24) is 0 Å². The average molecular weight is 198 g/mol. The van der Waals surface area contributed by atoms with E-state index < -0.39 is 15.7 Å². The van der Waals surface area contributed by atoms with Gasteiger partial charge in [0.1, 0.15) is 0 Å². The zero-order valence-corrected chi connectivity index (χ0v) is 6.11. The van der Waals surface area contributed by atoms with Crippen LogP contribution in [0.4, 0.5) is 4.20 Å². The third kappa shape index (κ3) is 11700. The summed E-state index contributed by atoms with van der Waals surface area (Å²) in [5.74, 6) is 0. The highest BCUT2D eigenvalue weighted by atomic mass is 31.2. The number of rotatable bonds is 0. The Balaban J connectivity index is 0. The molecule has 0 aromatic carbocycles. The molecule has 0 aliphatic carbocycles. The third-order valence-corrected chi connectivity index (χ3v) is 0. The van der Waals surface area contributed by atoms with Crippen LogP contribution in [-0.4, -0.2) is 24.5 Å². The van der Waals surface area contributed by atoms with E-state index in [0.717, 1.165) is 0 Å². The quantitative estimate of drug-likeness (QED) is 0.319. The summed E-state index contributed by atoms with van der Waals surface area (Å²) in [7, 11) is -9.78. The number of halogens is 1. The minimum absolute atomic E-state index is 4.64. The Labute approximate surface area is 54.7 Å². The van der Waals surface area contributed by atoms with E-state index in [9.17, 15) is 4.20 Å². The average Bonchev–Trinajstić information content (AvgIpc) is 1.12. The molecule has 0 spiro atoms. The lowest BCUT2D eigenvalue weighted by molar-refractivity contribution is 0.275. The fraction of sp³-hybridized carbons (Fsp3) is 0. The molecule has 5 N–H and O–H groups in total. The Morgan fingerprint density at radius 3 is 0.900 bits per heavy atom. The van der Waals surface area contributed by atoms with Crippen LogP contribution in [0.25, 0.3) is 0 Å². The molecule has 7 nitrogen and oxygen atoms in total. The van der Waals surface area contributed by atoms with Gasteiger partial charge in [0.15, 0.2) is 0 Å². The van der Waals surface area contributed by atoms with Gasteiger partial charge in [-0.3, -0.25) is 9.79 Å². The Morgan fingerprint density at radius 2 is 0.900 bits per heavy atom. The van der Waals surface area contributed by atoms with Gasteiger partial charge < -0.3 is 14.7 Å². The van der Waals surface area contributed by atoms with Crippen LogP contribution in [0.15, 0.2) is 0 Å². The number of phosphoric acid groups is 1. The summed E-state index contributed by atoms with van der Waals surface area (Å²) in [6.07, 6.45) is 0. The van der Waals surface area contributed by atoms with Crippen LogP contribution in [0.1, 0.15) is 0 Å². The molecule has 0 aromatic rings. The highest BCUT2D eigenvalue weighted by Crippen LogP contribution is 2.34. The highest BCUT2D eigenvalue weighted by molar-refractivity contribution is 7.45. The molecule has 10 heteroatoms. The first-order valence-corrected chi connectivity index (χ1v) is 4.60. The van der Waals surface area contributed by atoms with E-state index in [1.54, 1.807) is 0 Å². The summed E-state index contributed by atoms with van der Waals surface area (Å²) >= 11 is 0. The van der Waals surface area contributed by atoms with Gasteiger partial charge in [0.05, 0.1) is 0 Å². The Kier molecular flexibility index (Phi) is 5.32. The summed E-state index contributed by atoms with van der Waals surface area (Å²) in [5.41, 5.74) is 0. The van der Waals surface area contributed by atoms with Gasteiger partial charge in [-0.15, -0.1) is 4.20 Å². The van der Waals surface area contributed by atoms with Crippen LogP contribution >= 0.6 is 15.7 Å². The van der Waals surface area contributed by atoms with E-state index in [1.165, 1.54) is 0 Å². The number of hydrogen-bond acceptors (Lipinski definition) is 2. The molecule has 0 aliphatic heterocycles. The van der Waals surface area contributed by atoms with Crippen LogP contribution in [-0.2, 0) is 9.13 Å². The summed E-state index contributed by atoms with van der Waals surface area (Å²) < 4.78 is 27.9. The summed E-state index contributed by atoms with van der Waals surface area (Å²) in [6, 6.07) is 0. The molecule has 0 aromatic heterocycles. The molecule has 0 fully saturated rings. The van der Waals surface area contributed by atoms with Crippen molar-refractivity contribution >= 4 is 15.7 Å². The van der Waals surface area contributed by atoms with Gasteiger partial charge in [-0.1, -0.05) is 0 Å². The van der Waals surface area contributed by atoms with Crippen LogP contribution < -0.4 is 0 Å². The summed E-state index contributed by atoms with van der Waals surface area (Å²) in [6.45, 7) is 0. The molecule has 0 bridgehead atoms. The van der Waals surface area contributed by atoms with Crippen molar-refractivity contribution < 1.29 is 37.8 Å². The lowest BCUT2D eigenvalue weighted by Gasteiger charge is -1.82. The van der Waals surface area contributed by atoms with Crippen molar-refractivity contribution in [3.8, 4) is 0 Å². The van der Waals surface area contributed by atoms with Crippen molar-refractivity contribution in [2.75, 3.05) is 0 Å². The van der Waals surface area contributed by atoms with Crippen molar-refractivity contribution in [1.29, 1.82) is 0 Å². The first-order valence-electron chi connectivity index (χ1n) is 1.53. The maximum Gasteiger partial charge on any atom is 0.507 e. The second-order valence-corrected chi connectivity index (χ2v) is 2.96. The monoisotopic (exact) mass is 198 g/mol. The molecule has 0 heterocycles. The van der Waals surface area contributed by atoms with Gasteiger partial charge in [-0.2, -0.15) is 0 Å². The van der Waals surface area contributed by atoms with E-state index >= 15 is 0 Å². The SMILES string of the molecule is O=P(O)(O)F.O=P(O)(O)O. The molecule has 10 heavy (non-hydrogen) atoms. The Bertz CT molecular complexity index is 124. The van der Waals surface area contributed by atoms with Crippen LogP contribution in [0.2, 0.25) is 0 Å². The van der Waals surface area contributed by atoms with Crippen molar-refractivity contribution in [2.45, 2.75) is 0 Å². The number of hydrogen-bond donors (Lipinski definition) is 5. The van der Waals surface area contributed by atoms with Gasteiger partial charge in [-0.05, 0) is 0 Å². The molecule has 64 valence electrons. The predicted octanol–water partition coefficient (Wildman–Crippen LogP) is -0.880. The second kappa shape index (κ2) is 4.15. The smallest absolute Gasteiger partial charge is 0.303 e. The maximum absolute atomic E-state index is 10.4. The molecule has 0 aliphatic rings. The molecule has 0 unspecified atom stereocenters. The highest BCUT2D eigenvalue weighted by Gasteiger charge is 2.04. The Hall–Kier alpha value is 0.190. The molecule has 0 amide bonds. The fourth-order valence-corrected chi connectivity index (χ4v) is 0. The first-order chi connectivity index (χ1) is 4.00. The molecular weight excluding hydrogens is 193 g/mol. The van der Waals surface area contributed by atoms with E-state index in [0.29, 0.717) is 0 Å². The summed E-state index contributed by atoms with van der Waals surface area (Å²) in [4.78, 5) is 35.5.